The van der Waals surface area contributed by atoms with Gasteiger partial charge in [0.25, 0.3) is 0 Å². The molecule has 1 N–H and O–H groups in total. The Kier molecular flexibility index (Phi) is 3.76. The maximum atomic E-state index is 9.91. The quantitative estimate of drug-likeness (QED) is 0.583. The predicted molar refractivity (Wildman–Crippen MR) is 35.9 cm³/mol. The number of rotatable bonds is 3. The third-order valence-electron chi connectivity index (χ3n) is 1.04. The number of allylic oxidation sites excluding steroid dienone is 1. The Labute approximate surface area is 55.2 Å². The molecule has 0 saturated heterocycles. The maximum absolute atomic E-state index is 9.91. The largest absolute Gasteiger partial charge is 0.478 e. The van der Waals surface area contributed by atoms with E-state index in [1.54, 1.807) is 6.08 Å². The molecule has 1 atom stereocenters. The van der Waals surface area contributed by atoms with Gasteiger partial charge in [-0.2, -0.15) is 0 Å². The van der Waals surface area contributed by atoms with Crippen LogP contribution >= 0.6 is 0 Å². The highest BCUT2D eigenvalue weighted by Crippen LogP contribution is 2.00. The minimum absolute atomic E-state index is 0.126. The monoisotopic (exact) mass is 127 g/mol. The summed E-state index contributed by atoms with van der Waals surface area (Å²) in [6, 6.07) is 0. The fourth-order valence-corrected chi connectivity index (χ4v) is 0.354. The summed E-state index contributed by atoms with van der Waals surface area (Å²) >= 11 is 0. The van der Waals surface area contributed by atoms with E-state index in [9.17, 15) is 4.79 Å². The van der Waals surface area contributed by atoms with Crippen molar-refractivity contribution in [3.63, 3.8) is 0 Å². The summed E-state index contributed by atoms with van der Waals surface area (Å²) in [5.41, 5.74) is 0. The summed E-state index contributed by atoms with van der Waals surface area (Å²) in [7, 11) is 0. The molecule has 1 radical (unpaired) electrons. The summed E-state index contributed by atoms with van der Waals surface area (Å²) in [4.78, 5) is 9.91. The van der Waals surface area contributed by atoms with Crippen molar-refractivity contribution in [2.24, 2.45) is 5.92 Å². The van der Waals surface area contributed by atoms with Gasteiger partial charge in [-0.05, 0) is 19.3 Å². The molecule has 0 aromatic rings. The van der Waals surface area contributed by atoms with Gasteiger partial charge in [0, 0.05) is 6.08 Å². The molecular formula is C7H11O2. The molecule has 9 heavy (non-hydrogen) atoms. The van der Waals surface area contributed by atoms with Crippen LogP contribution in [0, 0.1) is 12.8 Å². The van der Waals surface area contributed by atoms with Gasteiger partial charge in [0.15, 0.2) is 0 Å². The van der Waals surface area contributed by atoms with Gasteiger partial charge in [-0.25, -0.2) is 4.79 Å². The van der Waals surface area contributed by atoms with Crippen LogP contribution in [0.5, 0.6) is 0 Å². The first-order valence-corrected chi connectivity index (χ1v) is 2.91. The van der Waals surface area contributed by atoms with Crippen LogP contribution in [0.2, 0.25) is 0 Å². The molecule has 0 amide bonds. The second-order valence-corrected chi connectivity index (χ2v) is 1.87. The van der Waals surface area contributed by atoms with E-state index >= 15 is 0 Å². The van der Waals surface area contributed by atoms with Crippen molar-refractivity contribution >= 4 is 5.97 Å². The van der Waals surface area contributed by atoms with Crippen molar-refractivity contribution in [1.82, 2.24) is 0 Å². The first-order chi connectivity index (χ1) is 4.16. The highest BCUT2D eigenvalue weighted by atomic mass is 16.4. The lowest BCUT2D eigenvalue weighted by Crippen LogP contribution is -1.90. The molecule has 0 bridgehead atoms. The Morgan fingerprint density at radius 1 is 1.89 bits per heavy atom. The highest BCUT2D eigenvalue weighted by molar-refractivity contribution is 5.79. The van der Waals surface area contributed by atoms with Crippen LogP contribution in [-0.2, 0) is 4.79 Å². The smallest absolute Gasteiger partial charge is 0.327 e. The fraction of sp³-hybridized carbons (Fsp3) is 0.429. The summed E-state index contributed by atoms with van der Waals surface area (Å²) in [6.45, 7) is 5.64. The lowest BCUT2D eigenvalue weighted by Gasteiger charge is -1.95. The Bertz CT molecular complexity index is 116. The van der Waals surface area contributed by atoms with E-state index in [0.717, 1.165) is 12.5 Å². The molecular weight excluding hydrogens is 116 g/mol. The van der Waals surface area contributed by atoms with Crippen molar-refractivity contribution in [1.29, 1.82) is 0 Å². The number of carbonyl (C=O) groups is 1. The first kappa shape index (κ1) is 8.21. The van der Waals surface area contributed by atoms with Gasteiger partial charge in [-0.3, -0.25) is 0 Å². The Morgan fingerprint density at radius 3 is 2.78 bits per heavy atom. The van der Waals surface area contributed by atoms with E-state index in [2.05, 4.69) is 6.92 Å². The second kappa shape index (κ2) is 4.13. The molecule has 0 fully saturated rings. The molecule has 0 aliphatic carbocycles. The minimum Gasteiger partial charge on any atom is -0.478 e. The van der Waals surface area contributed by atoms with Crippen molar-refractivity contribution in [3.8, 4) is 0 Å². The van der Waals surface area contributed by atoms with Crippen LogP contribution < -0.4 is 0 Å². The van der Waals surface area contributed by atoms with E-state index in [4.69, 9.17) is 5.11 Å². The normalized spacial score (nSPS) is 14.0. The number of aliphatic carboxylic acids is 1. The Balaban J connectivity index is 3.56. The SMILES string of the molecule is [CH2]C(C=CC(=O)O)CC. The van der Waals surface area contributed by atoms with E-state index < -0.39 is 5.97 Å². The van der Waals surface area contributed by atoms with Crippen LogP contribution in [0.25, 0.3) is 0 Å². The lowest BCUT2D eigenvalue weighted by atomic mass is 10.1. The lowest BCUT2D eigenvalue weighted by molar-refractivity contribution is -0.131. The number of hydrogen-bond acceptors (Lipinski definition) is 1. The number of carboxylic acids is 1. The van der Waals surface area contributed by atoms with Crippen LogP contribution in [0.4, 0.5) is 0 Å². The minimum atomic E-state index is -0.905. The summed E-state index contributed by atoms with van der Waals surface area (Å²) in [5.74, 6) is -0.779. The van der Waals surface area contributed by atoms with Gasteiger partial charge in [0.05, 0.1) is 0 Å². The third-order valence-corrected chi connectivity index (χ3v) is 1.04. The zero-order chi connectivity index (χ0) is 7.28. The predicted octanol–water partition coefficient (Wildman–Crippen LogP) is 1.49. The van der Waals surface area contributed by atoms with Crippen molar-refractivity contribution < 1.29 is 9.90 Å². The molecule has 0 heterocycles. The number of hydrogen-bond donors (Lipinski definition) is 1. The van der Waals surface area contributed by atoms with E-state index in [0.29, 0.717) is 0 Å². The van der Waals surface area contributed by atoms with Crippen LogP contribution in [-0.4, -0.2) is 11.1 Å². The van der Waals surface area contributed by atoms with Gasteiger partial charge in [-0.15, -0.1) is 0 Å². The average Bonchev–Trinajstić information content (AvgIpc) is 1.83. The van der Waals surface area contributed by atoms with Crippen molar-refractivity contribution in [3.05, 3.63) is 19.1 Å². The van der Waals surface area contributed by atoms with E-state index in [1.807, 2.05) is 6.92 Å². The summed E-state index contributed by atoms with van der Waals surface area (Å²) < 4.78 is 0. The fourth-order valence-electron chi connectivity index (χ4n) is 0.354. The standard InChI is InChI=1S/C7H11O2/c1-3-6(2)4-5-7(8)9/h4-6H,2-3H2,1H3,(H,8,9). The van der Waals surface area contributed by atoms with Crippen molar-refractivity contribution in [2.75, 3.05) is 0 Å². The molecule has 0 aliphatic rings. The second-order valence-electron chi connectivity index (χ2n) is 1.87. The molecule has 0 aromatic heterocycles. The topological polar surface area (TPSA) is 37.3 Å². The molecule has 0 spiro atoms. The molecule has 2 heteroatoms. The van der Waals surface area contributed by atoms with Crippen LogP contribution in [0.3, 0.4) is 0 Å². The third kappa shape index (κ3) is 5.07. The van der Waals surface area contributed by atoms with Crippen LogP contribution in [0.1, 0.15) is 13.3 Å². The van der Waals surface area contributed by atoms with Gasteiger partial charge in [0.1, 0.15) is 0 Å². The Morgan fingerprint density at radius 2 is 2.44 bits per heavy atom. The van der Waals surface area contributed by atoms with Crippen LogP contribution in [0.15, 0.2) is 12.2 Å². The zero-order valence-corrected chi connectivity index (χ0v) is 5.50. The molecule has 1 unspecified atom stereocenters. The van der Waals surface area contributed by atoms with Gasteiger partial charge < -0.3 is 5.11 Å². The van der Waals surface area contributed by atoms with Gasteiger partial charge in [-0.1, -0.05) is 13.0 Å². The molecule has 2 nitrogen and oxygen atoms in total. The first-order valence-electron chi connectivity index (χ1n) is 2.91. The van der Waals surface area contributed by atoms with E-state index in [-0.39, 0.29) is 5.92 Å². The molecule has 0 aliphatic heterocycles. The van der Waals surface area contributed by atoms with E-state index in [1.165, 1.54) is 0 Å². The molecule has 0 aromatic carbocycles. The van der Waals surface area contributed by atoms with Crippen molar-refractivity contribution in [2.45, 2.75) is 13.3 Å². The molecule has 51 valence electrons. The molecule has 0 rings (SSSR count). The maximum Gasteiger partial charge on any atom is 0.327 e. The number of carboxylic acid groups (broad SMARTS) is 1. The van der Waals surface area contributed by atoms with Gasteiger partial charge >= 0.3 is 5.97 Å². The summed E-state index contributed by atoms with van der Waals surface area (Å²) in [5, 5.41) is 8.14. The van der Waals surface area contributed by atoms with Gasteiger partial charge in [0.2, 0.25) is 0 Å². The zero-order valence-electron chi connectivity index (χ0n) is 5.50. The highest BCUT2D eigenvalue weighted by Gasteiger charge is 1.91. The Hall–Kier alpha value is -0.790. The molecule has 0 saturated carbocycles. The summed E-state index contributed by atoms with van der Waals surface area (Å²) in [6.07, 6.45) is 3.59. The average molecular weight is 127 g/mol.